The average molecular weight is 240 g/mol. The highest BCUT2D eigenvalue weighted by Gasteiger charge is 2.57. The number of rotatable bonds is 2. The third-order valence-corrected chi connectivity index (χ3v) is 3.88. The lowest BCUT2D eigenvalue weighted by atomic mass is 9.86. The molecule has 1 aliphatic heterocycles. The molecule has 0 aromatic heterocycles. The fourth-order valence-electron chi connectivity index (χ4n) is 2.56. The number of carboxylic acids is 1. The number of piperidine rings is 1. The molecule has 3 N–H and O–H groups in total. The molecule has 2 rings (SSSR count). The number of likely N-dealkylation sites (tertiary alicyclic amines) is 1. The number of carboxylic acid groups (broad SMARTS) is 1. The zero-order valence-electron chi connectivity index (χ0n) is 10.5. The maximum absolute atomic E-state index is 12.2. The van der Waals surface area contributed by atoms with Gasteiger partial charge in [-0.1, -0.05) is 20.8 Å². The normalized spacial score (nSPS) is 33.2. The van der Waals surface area contributed by atoms with Gasteiger partial charge in [0, 0.05) is 6.54 Å². The number of carbonyl (C=O) groups is 2. The minimum Gasteiger partial charge on any atom is -0.480 e. The molecule has 0 aromatic rings. The lowest BCUT2D eigenvalue weighted by Gasteiger charge is -2.32. The molecule has 0 spiro atoms. The van der Waals surface area contributed by atoms with Gasteiger partial charge < -0.3 is 15.7 Å². The zero-order valence-corrected chi connectivity index (χ0v) is 10.5. The number of fused-ring (bicyclic) bond motifs is 1. The van der Waals surface area contributed by atoms with E-state index in [-0.39, 0.29) is 17.2 Å². The third-order valence-electron chi connectivity index (χ3n) is 3.88. The van der Waals surface area contributed by atoms with Crippen molar-refractivity contribution in [2.24, 2.45) is 23.0 Å². The van der Waals surface area contributed by atoms with Crippen LogP contribution in [0.5, 0.6) is 0 Å². The number of amides is 1. The number of hydrogen-bond acceptors (Lipinski definition) is 3. The summed E-state index contributed by atoms with van der Waals surface area (Å²) < 4.78 is 0. The molecule has 96 valence electrons. The van der Waals surface area contributed by atoms with Crippen molar-refractivity contribution in [2.75, 3.05) is 6.54 Å². The van der Waals surface area contributed by atoms with Crippen LogP contribution in [0, 0.1) is 17.3 Å². The lowest BCUT2D eigenvalue weighted by Crippen LogP contribution is -2.54. The molecule has 1 saturated carbocycles. The Balaban J connectivity index is 2.12. The van der Waals surface area contributed by atoms with Crippen LogP contribution in [0.3, 0.4) is 0 Å². The van der Waals surface area contributed by atoms with Crippen LogP contribution in [0.25, 0.3) is 0 Å². The summed E-state index contributed by atoms with van der Waals surface area (Å²) in [6.45, 7) is 6.23. The Morgan fingerprint density at radius 2 is 2.00 bits per heavy atom. The molecule has 0 unspecified atom stereocenters. The maximum Gasteiger partial charge on any atom is 0.326 e. The van der Waals surface area contributed by atoms with Crippen LogP contribution >= 0.6 is 0 Å². The van der Waals surface area contributed by atoms with Crippen LogP contribution < -0.4 is 5.73 Å². The molecule has 5 heteroatoms. The van der Waals surface area contributed by atoms with Crippen molar-refractivity contribution >= 4 is 11.9 Å². The molecule has 17 heavy (non-hydrogen) atoms. The first-order valence-electron chi connectivity index (χ1n) is 6.02. The first-order valence-corrected chi connectivity index (χ1v) is 6.02. The Kier molecular flexibility index (Phi) is 2.69. The largest absolute Gasteiger partial charge is 0.480 e. The van der Waals surface area contributed by atoms with E-state index >= 15 is 0 Å². The second-order valence-electron chi connectivity index (χ2n) is 6.28. The molecular formula is C12H20N2O3. The molecule has 1 heterocycles. The first kappa shape index (κ1) is 12.4. The van der Waals surface area contributed by atoms with E-state index in [0.29, 0.717) is 12.5 Å². The van der Waals surface area contributed by atoms with Crippen molar-refractivity contribution in [3.8, 4) is 0 Å². The van der Waals surface area contributed by atoms with E-state index in [0.717, 1.165) is 6.42 Å². The smallest absolute Gasteiger partial charge is 0.326 e. The van der Waals surface area contributed by atoms with Gasteiger partial charge in [0.25, 0.3) is 0 Å². The van der Waals surface area contributed by atoms with Crippen LogP contribution in [-0.2, 0) is 9.59 Å². The monoisotopic (exact) mass is 240 g/mol. The molecule has 0 bridgehead atoms. The molecule has 5 nitrogen and oxygen atoms in total. The van der Waals surface area contributed by atoms with E-state index < -0.39 is 18.1 Å². The topological polar surface area (TPSA) is 83.6 Å². The van der Waals surface area contributed by atoms with Gasteiger partial charge in [0.2, 0.25) is 5.91 Å². The Bertz CT molecular complexity index is 361. The van der Waals surface area contributed by atoms with Gasteiger partial charge in [0.1, 0.15) is 6.04 Å². The van der Waals surface area contributed by atoms with Gasteiger partial charge in [-0.2, -0.15) is 0 Å². The maximum atomic E-state index is 12.2. The van der Waals surface area contributed by atoms with Crippen LogP contribution in [0.4, 0.5) is 0 Å². The van der Waals surface area contributed by atoms with Crippen molar-refractivity contribution in [3.05, 3.63) is 0 Å². The van der Waals surface area contributed by atoms with E-state index in [2.05, 4.69) is 0 Å². The molecule has 1 saturated heterocycles. The van der Waals surface area contributed by atoms with Crippen LogP contribution in [0.2, 0.25) is 0 Å². The van der Waals surface area contributed by atoms with Gasteiger partial charge in [-0.25, -0.2) is 4.79 Å². The molecule has 1 aliphatic carbocycles. The van der Waals surface area contributed by atoms with Gasteiger partial charge in [-0.3, -0.25) is 4.79 Å². The van der Waals surface area contributed by atoms with Gasteiger partial charge in [0.15, 0.2) is 0 Å². The fraction of sp³-hybridized carbons (Fsp3) is 0.833. The summed E-state index contributed by atoms with van der Waals surface area (Å²) in [6.07, 6.45) is 0.936. The summed E-state index contributed by atoms with van der Waals surface area (Å²) in [6, 6.07) is -1.29. The summed E-state index contributed by atoms with van der Waals surface area (Å²) in [7, 11) is 0. The molecule has 2 aliphatic rings. The SMILES string of the molecule is CC(C)(C)[C@H](N)C(=O)N1C[C@@H]2C[C@@H]2[C@H]1C(=O)O. The third kappa shape index (κ3) is 2.04. The Labute approximate surface area is 101 Å². The summed E-state index contributed by atoms with van der Waals surface area (Å²) in [5, 5.41) is 9.18. The predicted octanol–water partition coefficient (Wildman–Crippen LogP) is 0.291. The van der Waals surface area contributed by atoms with Crippen LogP contribution in [0.1, 0.15) is 27.2 Å². The lowest BCUT2D eigenvalue weighted by molar-refractivity contribution is -0.151. The molecule has 0 radical (unpaired) electrons. The highest BCUT2D eigenvalue weighted by atomic mass is 16.4. The fourth-order valence-corrected chi connectivity index (χ4v) is 2.56. The highest BCUT2D eigenvalue weighted by molar-refractivity contribution is 5.88. The quantitative estimate of drug-likeness (QED) is 0.726. The van der Waals surface area contributed by atoms with Crippen molar-refractivity contribution < 1.29 is 14.7 Å². The van der Waals surface area contributed by atoms with Gasteiger partial charge in [-0.15, -0.1) is 0 Å². The van der Waals surface area contributed by atoms with Gasteiger partial charge >= 0.3 is 5.97 Å². The Hall–Kier alpha value is -1.10. The van der Waals surface area contributed by atoms with Crippen molar-refractivity contribution in [1.82, 2.24) is 4.90 Å². The Morgan fingerprint density at radius 1 is 1.41 bits per heavy atom. The summed E-state index contributed by atoms with van der Waals surface area (Å²) >= 11 is 0. The summed E-state index contributed by atoms with van der Waals surface area (Å²) in [4.78, 5) is 24.9. The predicted molar refractivity (Wildman–Crippen MR) is 62.2 cm³/mol. The zero-order chi connectivity index (χ0) is 13.0. The van der Waals surface area contributed by atoms with E-state index in [9.17, 15) is 14.7 Å². The second-order valence-corrected chi connectivity index (χ2v) is 6.28. The molecule has 1 amide bonds. The van der Waals surface area contributed by atoms with E-state index in [1.807, 2.05) is 20.8 Å². The number of hydrogen-bond donors (Lipinski definition) is 2. The molecule has 2 fully saturated rings. The van der Waals surface area contributed by atoms with E-state index in [4.69, 9.17) is 5.73 Å². The average Bonchev–Trinajstić information content (AvgIpc) is 2.85. The Morgan fingerprint density at radius 3 is 2.47 bits per heavy atom. The number of aliphatic carboxylic acids is 1. The van der Waals surface area contributed by atoms with Gasteiger partial charge in [-0.05, 0) is 23.7 Å². The second kappa shape index (κ2) is 3.70. The highest BCUT2D eigenvalue weighted by Crippen LogP contribution is 2.49. The minimum absolute atomic E-state index is 0.156. The number of carbonyl (C=O) groups excluding carboxylic acids is 1. The van der Waals surface area contributed by atoms with E-state index in [1.165, 1.54) is 4.90 Å². The van der Waals surface area contributed by atoms with Gasteiger partial charge in [0.05, 0.1) is 6.04 Å². The first-order chi connectivity index (χ1) is 7.73. The summed E-state index contributed by atoms with van der Waals surface area (Å²) in [5.74, 6) is -0.586. The number of nitrogens with zero attached hydrogens (tertiary/aromatic N) is 1. The minimum atomic E-state index is -0.899. The molecular weight excluding hydrogens is 220 g/mol. The number of nitrogens with two attached hydrogens (primary N) is 1. The van der Waals surface area contributed by atoms with Crippen molar-refractivity contribution in [3.63, 3.8) is 0 Å². The molecule has 0 aromatic carbocycles. The molecule has 4 atom stereocenters. The van der Waals surface area contributed by atoms with E-state index in [1.54, 1.807) is 0 Å². The summed E-state index contributed by atoms with van der Waals surface area (Å²) in [5.41, 5.74) is 5.57. The van der Waals surface area contributed by atoms with Crippen LogP contribution in [0.15, 0.2) is 0 Å². The van der Waals surface area contributed by atoms with Crippen molar-refractivity contribution in [1.29, 1.82) is 0 Å². The standard InChI is InChI=1S/C12H20N2O3/c1-12(2,3)9(13)10(15)14-5-6-4-7(6)8(14)11(16)17/h6-9H,4-5,13H2,1-3H3,(H,16,17)/t6-,7-,8-,9+/m0/s1. The van der Waals surface area contributed by atoms with Crippen LogP contribution in [-0.4, -0.2) is 40.5 Å². The van der Waals surface area contributed by atoms with Crippen molar-refractivity contribution in [2.45, 2.75) is 39.3 Å².